The number of hydrogen-bond acceptors (Lipinski definition) is 6. The van der Waals surface area contributed by atoms with E-state index in [0.717, 1.165) is 52.0 Å². The molecule has 1 aromatic rings. The summed E-state index contributed by atoms with van der Waals surface area (Å²) in [7, 11) is 2.14. The minimum absolute atomic E-state index is 0.0690. The van der Waals surface area contributed by atoms with Gasteiger partial charge in [-0.1, -0.05) is 64.8 Å². The van der Waals surface area contributed by atoms with Crippen LogP contribution >= 0.6 is 0 Å². The fourth-order valence-corrected chi connectivity index (χ4v) is 8.27. The van der Waals surface area contributed by atoms with Gasteiger partial charge in [-0.25, -0.2) is 0 Å². The maximum Gasteiger partial charge on any atom is 0.246 e. The molecular formula is C35H51N5O4. The lowest BCUT2D eigenvalue weighted by molar-refractivity contribution is -0.141. The number of fused-ring (bicyclic) bond motifs is 1. The minimum atomic E-state index is -1.13. The van der Waals surface area contributed by atoms with Gasteiger partial charge in [-0.15, -0.1) is 0 Å². The Labute approximate surface area is 262 Å². The molecule has 1 aromatic carbocycles. The molecule has 44 heavy (non-hydrogen) atoms. The van der Waals surface area contributed by atoms with Crippen LogP contribution in [0.2, 0.25) is 0 Å². The van der Waals surface area contributed by atoms with Crippen LogP contribution in [0.4, 0.5) is 5.69 Å². The van der Waals surface area contributed by atoms with E-state index in [4.69, 9.17) is 4.74 Å². The molecule has 2 bridgehead atoms. The molecule has 0 radical (unpaired) electrons. The molecular weight excluding hydrogens is 554 g/mol. The molecule has 6 rings (SSSR count). The fourth-order valence-electron chi connectivity index (χ4n) is 8.27. The Morgan fingerprint density at radius 1 is 1.02 bits per heavy atom. The normalized spacial score (nSPS) is 35.4. The average Bonchev–Trinajstić information content (AvgIpc) is 3.64. The summed E-state index contributed by atoms with van der Waals surface area (Å²) < 4.78 is 6.57. The molecule has 9 heteroatoms. The second-order valence-electron chi connectivity index (χ2n) is 14.4. The third-order valence-electron chi connectivity index (χ3n) is 11.3. The number of likely N-dealkylation sites (N-methyl/N-ethyl adjacent to an activating group) is 1. The van der Waals surface area contributed by atoms with Crippen LogP contribution in [0.3, 0.4) is 0 Å². The Kier molecular flexibility index (Phi) is 8.92. The molecule has 4 fully saturated rings. The lowest BCUT2D eigenvalue weighted by atomic mass is 9.73. The molecule has 0 unspecified atom stereocenters. The molecule has 1 spiro atoms. The predicted octanol–water partition coefficient (Wildman–Crippen LogP) is 3.48. The summed E-state index contributed by atoms with van der Waals surface area (Å²) in [6, 6.07) is 7.15. The van der Waals surface area contributed by atoms with Crippen molar-refractivity contribution in [2.24, 2.45) is 23.7 Å². The maximum atomic E-state index is 14.3. The summed E-state index contributed by atoms with van der Waals surface area (Å²) in [6.07, 6.45) is 7.25. The zero-order valence-corrected chi connectivity index (χ0v) is 27.1. The number of piperazine rings is 1. The minimum Gasteiger partial charge on any atom is -0.359 e. The van der Waals surface area contributed by atoms with Crippen molar-refractivity contribution in [2.75, 3.05) is 51.6 Å². The van der Waals surface area contributed by atoms with Crippen molar-refractivity contribution in [3.8, 4) is 0 Å². The van der Waals surface area contributed by atoms with E-state index in [2.05, 4.69) is 55.2 Å². The van der Waals surface area contributed by atoms with E-state index in [-0.39, 0.29) is 23.8 Å². The number of likely N-dealkylation sites (tertiary alicyclic amines) is 1. The molecule has 8 atom stereocenters. The van der Waals surface area contributed by atoms with Crippen LogP contribution in [0, 0.1) is 23.7 Å². The number of anilines is 1. The molecule has 3 amide bonds. The molecule has 3 saturated heterocycles. The Morgan fingerprint density at radius 2 is 1.75 bits per heavy atom. The second-order valence-corrected chi connectivity index (χ2v) is 14.4. The van der Waals surface area contributed by atoms with Crippen molar-refractivity contribution in [2.45, 2.75) is 83.1 Å². The van der Waals surface area contributed by atoms with Crippen molar-refractivity contribution in [3.63, 3.8) is 0 Å². The zero-order chi connectivity index (χ0) is 31.2. The van der Waals surface area contributed by atoms with Gasteiger partial charge in [0.2, 0.25) is 17.7 Å². The van der Waals surface area contributed by atoms with E-state index < -0.39 is 29.6 Å². The number of carbonyl (C=O) groups excluding carboxylic acids is 3. The summed E-state index contributed by atoms with van der Waals surface area (Å²) in [6.45, 7) is 14.2. The molecule has 5 aliphatic rings. The van der Waals surface area contributed by atoms with Crippen molar-refractivity contribution in [3.05, 3.63) is 42.0 Å². The Morgan fingerprint density at radius 3 is 2.45 bits per heavy atom. The van der Waals surface area contributed by atoms with Crippen LogP contribution in [0.25, 0.3) is 0 Å². The van der Waals surface area contributed by atoms with Gasteiger partial charge in [0.15, 0.2) is 0 Å². The first-order valence-electron chi connectivity index (χ1n) is 16.9. The van der Waals surface area contributed by atoms with Crippen LogP contribution in [-0.4, -0.2) is 103 Å². The predicted molar refractivity (Wildman–Crippen MR) is 171 cm³/mol. The molecule has 240 valence electrons. The summed E-state index contributed by atoms with van der Waals surface area (Å²) in [5.41, 5.74) is 0.762. The first-order chi connectivity index (χ1) is 21.1. The molecule has 4 aliphatic heterocycles. The van der Waals surface area contributed by atoms with Gasteiger partial charge in [0.1, 0.15) is 11.6 Å². The van der Waals surface area contributed by atoms with Gasteiger partial charge in [0.05, 0.1) is 17.9 Å². The lowest BCUT2D eigenvalue weighted by Gasteiger charge is -2.38. The third-order valence-corrected chi connectivity index (χ3v) is 11.3. The monoisotopic (exact) mass is 605 g/mol. The number of nitrogens with one attached hydrogen (secondary N) is 2. The van der Waals surface area contributed by atoms with Crippen LogP contribution in [0.1, 0.15) is 64.9 Å². The van der Waals surface area contributed by atoms with Gasteiger partial charge < -0.3 is 30.1 Å². The molecule has 1 aliphatic carbocycles. The van der Waals surface area contributed by atoms with Crippen LogP contribution in [0.5, 0.6) is 0 Å². The van der Waals surface area contributed by atoms with Crippen LogP contribution in [0.15, 0.2) is 36.4 Å². The van der Waals surface area contributed by atoms with Crippen molar-refractivity contribution in [1.82, 2.24) is 20.0 Å². The first-order valence-corrected chi connectivity index (χ1v) is 16.9. The van der Waals surface area contributed by atoms with E-state index in [0.29, 0.717) is 30.0 Å². The van der Waals surface area contributed by atoms with Gasteiger partial charge in [-0.05, 0) is 61.9 Å². The Hall–Kier alpha value is -2.75. The van der Waals surface area contributed by atoms with Gasteiger partial charge >= 0.3 is 0 Å². The second kappa shape index (κ2) is 12.6. The summed E-state index contributed by atoms with van der Waals surface area (Å²) in [5.74, 6) is -0.655. The average molecular weight is 606 g/mol. The van der Waals surface area contributed by atoms with E-state index in [1.165, 1.54) is 12.0 Å². The number of carbonyl (C=O) groups is 3. The maximum absolute atomic E-state index is 14.3. The molecule has 0 aromatic heterocycles. The number of hydrogen-bond donors (Lipinski definition) is 2. The van der Waals surface area contributed by atoms with Crippen molar-refractivity contribution < 1.29 is 19.1 Å². The smallest absolute Gasteiger partial charge is 0.246 e. The number of rotatable bonds is 9. The summed E-state index contributed by atoms with van der Waals surface area (Å²) in [4.78, 5) is 48.9. The Bertz CT molecular complexity index is 1260. The highest BCUT2D eigenvalue weighted by molar-refractivity contribution is 6.02. The van der Waals surface area contributed by atoms with E-state index in [1.54, 1.807) is 4.90 Å². The Balaban J connectivity index is 1.23. The molecule has 9 nitrogen and oxygen atoms in total. The number of nitrogens with zero attached hydrogens (tertiary/aromatic N) is 3. The van der Waals surface area contributed by atoms with Gasteiger partial charge in [-0.3, -0.25) is 14.4 Å². The highest BCUT2D eigenvalue weighted by atomic mass is 16.5. The van der Waals surface area contributed by atoms with E-state index in [9.17, 15) is 14.4 Å². The highest BCUT2D eigenvalue weighted by Gasteiger charge is 2.72. The fraction of sp³-hybridized carbons (Fsp3) is 0.686. The van der Waals surface area contributed by atoms with Gasteiger partial charge in [-0.2, -0.15) is 0 Å². The van der Waals surface area contributed by atoms with Crippen molar-refractivity contribution >= 4 is 23.4 Å². The standard InChI is InChI=1S/C35H51N5O4/c1-22(2)25-10-12-26(13-11-25)36-32(41)29-28-14-15-35(44-28)30(29)34(43)40(17-7-16-39-20-18-38(5)19-21-39)31(35)33(42)37-27-9-6-8-23(3)24(27)4/h10-15,22-24,27-31H,6-9,16-21H2,1-5H3,(H,36,41)(H,37,42)/t23-,24-,27-,28+,29-,30+,31+,35+/m1/s1. The van der Waals surface area contributed by atoms with E-state index in [1.807, 2.05) is 36.4 Å². The SMILES string of the molecule is CC(C)c1ccc(NC(=O)[C@@H]2[C@@H]3C=C[C@]4(O3)[C@@H]2C(=O)N(CCCN2CCN(C)CC2)[C@H]4C(=O)N[C@@H]2CCC[C@@H](C)[C@H]2C)cc1. The van der Waals surface area contributed by atoms with Crippen LogP contribution < -0.4 is 10.6 Å². The largest absolute Gasteiger partial charge is 0.359 e. The van der Waals surface area contributed by atoms with Crippen LogP contribution in [-0.2, 0) is 19.1 Å². The molecule has 1 saturated carbocycles. The summed E-state index contributed by atoms with van der Waals surface area (Å²) in [5, 5.41) is 6.42. The van der Waals surface area contributed by atoms with Gasteiger partial charge in [0, 0.05) is 44.5 Å². The highest BCUT2D eigenvalue weighted by Crippen LogP contribution is 2.55. The summed E-state index contributed by atoms with van der Waals surface area (Å²) >= 11 is 0. The quantitative estimate of drug-likeness (QED) is 0.419. The first kappa shape index (κ1) is 31.2. The molecule has 2 N–H and O–H groups in total. The molecule has 4 heterocycles. The number of ether oxygens (including phenoxy) is 1. The number of benzene rings is 1. The van der Waals surface area contributed by atoms with E-state index >= 15 is 0 Å². The van der Waals surface area contributed by atoms with Gasteiger partial charge in [0.25, 0.3) is 0 Å². The third kappa shape index (κ3) is 5.71. The zero-order valence-electron chi connectivity index (χ0n) is 27.1. The van der Waals surface area contributed by atoms with Crippen molar-refractivity contribution in [1.29, 1.82) is 0 Å². The lowest BCUT2D eigenvalue weighted by Crippen LogP contribution is -2.58. The topological polar surface area (TPSA) is 94.2 Å². The number of amides is 3.